The minimum Gasteiger partial charge on any atom is -0.334 e. The van der Waals surface area contributed by atoms with E-state index in [9.17, 15) is 4.79 Å². The van der Waals surface area contributed by atoms with Crippen molar-refractivity contribution >= 4 is 45.8 Å². The van der Waals surface area contributed by atoms with Gasteiger partial charge in [0.2, 0.25) is 11.1 Å². The van der Waals surface area contributed by atoms with E-state index in [0.29, 0.717) is 11.1 Å². The largest absolute Gasteiger partial charge is 0.334 e. The fraction of sp³-hybridized carbons (Fsp3) is 0.231. The number of anilines is 2. The number of hydrazone groups is 1. The molecule has 0 aliphatic carbocycles. The Morgan fingerprint density at radius 1 is 1.09 bits per heavy atom. The first-order valence-corrected chi connectivity index (χ1v) is 12.5. The van der Waals surface area contributed by atoms with Crippen LogP contribution in [0.25, 0.3) is 10.8 Å². The van der Waals surface area contributed by atoms with Gasteiger partial charge in [-0.1, -0.05) is 74.1 Å². The second-order valence-electron chi connectivity index (χ2n) is 8.32. The van der Waals surface area contributed by atoms with E-state index in [-0.39, 0.29) is 17.6 Å². The lowest BCUT2D eigenvalue weighted by molar-refractivity contribution is -0.113. The Morgan fingerprint density at radius 2 is 1.83 bits per heavy atom. The fourth-order valence-electron chi connectivity index (χ4n) is 3.52. The minimum atomic E-state index is -0.144. The smallest absolute Gasteiger partial charge is 0.264 e. The van der Waals surface area contributed by atoms with Crippen LogP contribution in [-0.4, -0.2) is 32.2 Å². The van der Waals surface area contributed by atoms with E-state index in [2.05, 4.69) is 64.2 Å². The molecule has 4 N–H and O–H groups in total. The normalized spacial score (nSPS) is 12.5. The number of carbonyl (C=O) groups excluding carboxylic acids is 1. The van der Waals surface area contributed by atoms with E-state index in [1.807, 2.05) is 49.4 Å². The van der Waals surface area contributed by atoms with Crippen LogP contribution >= 0.6 is 11.8 Å². The van der Waals surface area contributed by atoms with Crippen LogP contribution in [0.15, 0.2) is 77.0 Å². The molecule has 35 heavy (non-hydrogen) atoms. The standard InChI is InChI=1S/C26H29N7OS/c1-4-17(2)19-11-13-23(14-12-19)28-24(34)16-35-26-32-31-25(33(26)27)30-29-18(3)21-10-9-20-7-5-6-8-22(20)15-21/h5-15,17H,4,16,27H2,1-3H3,(H,28,34)(H,30,31)/b29-18+. The van der Waals surface area contributed by atoms with Crippen LogP contribution in [0.4, 0.5) is 11.6 Å². The second kappa shape index (κ2) is 11.1. The van der Waals surface area contributed by atoms with Crippen LogP contribution in [0.3, 0.4) is 0 Å². The highest BCUT2D eigenvalue weighted by molar-refractivity contribution is 7.99. The number of hydrogen-bond acceptors (Lipinski definition) is 7. The summed E-state index contributed by atoms with van der Waals surface area (Å²) < 4.78 is 1.29. The SMILES string of the molecule is CCC(C)c1ccc(NC(=O)CSc2nnc(N/N=C(\C)c3ccc4ccccc4c3)n2N)cc1. The number of hydrogen-bond donors (Lipinski definition) is 3. The number of nitrogens with zero attached hydrogens (tertiary/aromatic N) is 4. The highest BCUT2D eigenvalue weighted by Crippen LogP contribution is 2.22. The van der Waals surface area contributed by atoms with Crippen molar-refractivity contribution in [1.29, 1.82) is 0 Å². The molecule has 4 aromatic rings. The molecule has 0 fully saturated rings. The summed E-state index contributed by atoms with van der Waals surface area (Å²) in [5.41, 5.74) is 6.66. The maximum atomic E-state index is 12.4. The van der Waals surface area contributed by atoms with Crippen LogP contribution in [0.5, 0.6) is 0 Å². The number of rotatable bonds is 9. The number of nitrogens with two attached hydrogens (primary N) is 1. The molecule has 0 bridgehead atoms. The molecule has 4 rings (SSSR count). The number of nitrogen functional groups attached to an aromatic ring is 1. The Labute approximate surface area is 209 Å². The van der Waals surface area contributed by atoms with Crippen molar-refractivity contribution in [3.8, 4) is 0 Å². The topological polar surface area (TPSA) is 110 Å². The van der Waals surface area contributed by atoms with Crippen LogP contribution in [0.2, 0.25) is 0 Å². The summed E-state index contributed by atoms with van der Waals surface area (Å²) in [6.45, 7) is 6.25. The lowest BCUT2D eigenvalue weighted by Crippen LogP contribution is -2.17. The van der Waals surface area contributed by atoms with Gasteiger partial charge >= 0.3 is 0 Å². The van der Waals surface area contributed by atoms with Gasteiger partial charge in [-0.05, 0) is 59.4 Å². The van der Waals surface area contributed by atoms with E-state index in [1.165, 1.54) is 27.4 Å². The first-order valence-electron chi connectivity index (χ1n) is 11.5. The summed E-state index contributed by atoms with van der Waals surface area (Å²) in [7, 11) is 0. The molecule has 0 radical (unpaired) electrons. The van der Waals surface area contributed by atoms with Crippen molar-refractivity contribution in [2.45, 2.75) is 38.3 Å². The van der Waals surface area contributed by atoms with Gasteiger partial charge in [-0.2, -0.15) is 5.10 Å². The molecule has 1 amide bonds. The van der Waals surface area contributed by atoms with Crippen LogP contribution in [-0.2, 0) is 4.79 Å². The average molecular weight is 488 g/mol. The highest BCUT2D eigenvalue weighted by atomic mass is 32.2. The zero-order valence-corrected chi connectivity index (χ0v) is 20.8. The van der Waals surface area contributed by atoms with Crippen molar-refractivity contribution < 1.29 is 4.79 Å². The summed E-state index contributed by atoms with van der Waals surface area (Å²) in [4.78, 5) is 12.4. The third-order valence-electron chi connectivity index (χ3n) is 5.86. The Bertz CT molecular complexity index is 1350. The number of amides is 1. The van der Waals surface area contributed by atoms with Gasteiger partial charge in [0.05, 0.1) is 11.5 Å². The highest BCUT2D eigenvalue weighted by Gasteiger charge is 2.13. The van der Waals surface area contributed by atoms with Crippen molar-refractivity contribution in [3.05, 3.63) is 77.9 Å². The predicted octanol–water partition coefficient (Wildman–Crippen LogP) is 5.23. The molecule has 9 heteroatoms. The summed E-state index contributed by atoms with van der Waals surface area (Å²) in [5, 5.41) is 18.1. The third-order valence-corrected chi connectivity index (χ3v) is 6.81. The van der Waals surface area contributed by atoms with Crippen molar-refractivity contribution in [2.75, 3.05) is 22.3 Å². The molecule has 3 aromatic carbocycles. The Balaban J connectivity index is 1.33. The van der Waals surface area contributed by atoms with E-state index in [4.69, 9.17) is 5.84 Å². The number of carbonyl (C=O) groups is 1. The summed E-state index contributed by atoms with van der Waals surface area (Å²) in [5.74, 6) is 6.90. The molecule has 8 nitrogen and oxygen atoms in total. The molecule has 180 valence electrons. The Kier molecular flexibility index (Phi) is 7.67. The number of aromatic nitrogens is 3. The molecule has 0 aliphatic heterocycles. The van der Waals surface area contributed by atoms with Crippen molar-refractivity contribution in [1.82, 2.24) is 14.9 Å². The monoisotopic (exact) mass is 487 g/mol. The Hall–Kier alpha value is -3.85. The molecule has 0 spiro atoms. The molecular weight excluding hydrogens is 458 g/mol. The van der Waals surface area contributed by atoms with Gasteiger partial charge in [0.25, 0.3) is 5.95 Å². The van der Waals surface area contributed by atoms with Gasteiger partial charge in [-0.25, -0.2) is 10.1 Å². The van der Waals surface area contributed by atoms with E-state index >= 15 is 0 Å². The minimum absolute atomic E-state index is 0.144. The molecule has 0 saturated carbocycles. The molecule has 1 unspecified atom stereocenters. The van der Waals surface area contributed by atoms with Gasteiger partial charge in [0, 0.05) is 5.69 Å². The van der Waals surface area contributed by atoms with Crippen LogP contribution in [0.1, 0.15) is 44.2 Å². The summed E-state index contributed by atoms with van der Waals surface area (Å²) in [6.07, 6.45) is 1.08. The van der Waals surface area contributed by atoms with E-state index in [1.54, 1.807) is 0 Å². The van der Waals surface area contributed by atoms with Crippen LogP contribution < -0.4 is 16.6 Å². The van der Waals surface area contributed by atoms with Crippen LogP contribution in [0, 0.1) is 0 Å². The molecule has 1 atom stereocenters. The average Bonchev–Trinajstić information content (AvgIpc) is 3.24. The zero-order chi connectivity index (χ0) is 24.8. The van der Waals surface area contributed by atoms with E-state index in [0.717, 1.165) is 28.8 Å². The van der Waals surface area contributed by atoms with Gasteiger partial charge in [0.15, 0.2) is 0 Å². The zero-order valence-electron chi connectivity index (χ0n) is 20.0. The van der Waals surface area contributed by atoms with Gasteiger partial charge in [0.1, 0.15) is 0 Å². The fourth-order valence-corrected chi connectivity index (χ4v) is 4.18. The van der Waals surface area contributed by atoms with Gasteiger partial charge in [-0.15, -0.1) is 10.2 Å². The molecule has 0 aliphatic rings. The first kappa shape index (κ1) is 24.3. The van der Waals surface area contributed by atoms with E-state index < -0.39 is 0 Å². The lowest BCUT2D eigenvalue weighted by Gasteiger charge is -2.10. The van der Waals surface area contributed by atoms with Crippen molar-refractivity contribution in [3.63, 3.8) is 0 Å². The summed E-state index contributed by atoms with van der Waals surface area (Å²) in [6, 6.07) is 22.3. The molecule has 0 saturated heterocycles. The molecule has 1 aromatic heterocycles. The number of benzene rings is 3. The lowest BCUT2D eigenvalue weighted by atomic mass is 9.99. The second-order valence-corrected chi connectivity index (χ2v) is 9.26. The van der Waals surface area contributed by atoms with Crippen molar-refractivity contribution in [2.24, 2.45) is 5.10 Å². The number of nitrogens with one attached hydrogen (secondary N) is 2. The quantitative estimate of drug-likeness (QED) is 0.129. The molecular formula is C26H29N7OS. The number of fused-ring (bicyclic) bond motifs is 1. The van der Waals surface area contributed by atoms with Gasteiger partial charge < -0.3 is 11.2 Å². The molecule has 1 heterocycles. The van der Waals surface area contributed by atoms with Gasteiger partial charge in [-0.3, -0.25) is 4.79 Å². The Morgan fingerprint density at radius 3 is 2.57 bits per heavy atom. The maximum absolute atomic E-state index is 12.4. The predicted molar refractivity (Wildman–Crippen MR) is 144 cm³/mol. The summed E-state index contributed by atoms with van der Waals surface area (Å²) >= 11 is 1.20. The third kappa shape index (κ3) is 5.99. The number of thioether (sulfide) groups is 1. The first-order chi connectivity index (χ1) is 16.9. The maximum Gasteiger partial charge on any atom is 0.264 e.